The highest BCUT2D eigenvalue weighted by Crippen LogP contribution is 2.33. The second kappa shape index (κ2) is 8.16. The zero-order valence-corrected chi connectivity index (χ0v) is 19.0. The molecule has 3 N–H and O–H groups in total. The molecular weight excluding hydrogens is 436 g/mol. The number of carbonyl (C=O) groups excluding carboxylic acids is 3. The van der Waals surface area contributed by atoms with E-state index in [2.05, 4.69) is 5.32 Å². The number of hydrogen-bond donors (Lipinski definition) is 2. The maximum absolute atomic E-state index is 13.0. The largest absolute Gasteiger partial charge is 0.370 e. The van der Waals surface area contributed by atoms with Crippen molar-refractivity contribution in [1.82, 2.24) is 10.2 Å². The lowest BCUT2D eigenvalue weighted by molar-refractivity contribution is -0.119. The Morgan fingerprint density at radius 3 is 2.55 bits per heavy atom. The molecule has 2 aromatic rings. The van der Waals surface area contributed by atoms with E-state index < -0.39 is 0 Å². The molecule has 2 atom stereocenters. The first-order valence-electron chi connectivity index (χ1n) is 10.2. The molecule has 0 saturated carbocycles. The first kappa shape index (κ1) is 21.6. The van der Waals surface area contributed by atoms with Crippen molar-refractivity contribution >= 4 is 46.5 Å². The van der Waals surface area contributed by atoms with E-state index in [1.165, 1.54) is 11.3 Å². The number of benzene rings is 1. The number of thiophene rings is 1. The normalized spacial score (nSPS) is 20.8. The predicted molar refractivity (Wildman–Crippen MR) is 122 cm³/mol. The van der Waals surface area contributed by atoms with E-state index in [4.69, 9.17) is 17.3 Å². The van der Waals surface area contributed by atoms with Crippen LogP contribution >= 0.6 is 22.9 Å². The van der Waals surface area contributed by atoms with E-state index >= 15 is 0 Å². The maximum Gasteiger partial charge on any atom is 0.324 e. The van der Waals surface area contributed by atoms with Crippen LogP contribution < -0.4 is 16.0 Å². The standard InChI is InChI=1S/C22H25ClN4O3S/c1-22(2,11-19(24)28)13-3-5-14(6-4-13)27-12-16-15(9-10-26(16)21(27)30)25-20(29)17-7-8-18(23)31-17/h3-8,15-16H,9-12H2,1-2H3,(H2,24,28)(H,25,29)/t15-,16-/m1/s1. The Kier molecular flexibility index (Phi) is 5.70. The quantitative estimate of drug-likeness (QED) is 0.691. The summed E-state index contributed by atoms with van der Waals surface area (Å²) in [6, 6.07) is 10.9. The van der Waals surface area contributed by atoms with Crippen LogP contribution in [0.1, 0.15) is 41.9 Å². The Balaban J connectivity index is 1.45. The molecule has 4 amide bonds. The summed E-state index contributed by atoms with van der Waals surface area (Å²) in [6.45, 7) is 5.06. The second-order valence-corrected chi connectivity index (χ2v) is 10.4. The summed E-state index contributed by atoms with van der Waals surface area (Å²) in [5.74, 6) is -0.502. The Hall–Kier alpha value is -2.58. The Labute approximate surface area is 190 Å². The molecule has 1 aromatic heterocycles. The fraction of sp³-hybridized carbons (Fsp3) is 0.409. The van der Waals surface area contributed by atoms with Crippen LogP contribution in [0, 0.1) is 0 Å². The maximum atomic E-state index is 13.0. The van der Waals surface area contributed by atoms with Gasteiger partial charge in [-0.05, 0) is 41.7 Å². The van der Waals surface area contributed by atoms with E-state index in [-0.39, 0.29) is 41.8 Å². The van der Waals surface area contributed by atoms with Gasteiger partial charge in [-0.15, -0.1) is 11.3 Å². The van der Waals surface area contributed by atoms with Crippen LogP contribution in [0.4, 0.5) is 10.5 Å². The van der Waals surface area contributed by atoms with Crippen molar-refractivity contribution in [1.29, 1.82) is 0 Å². The molecule has 0 aliphatic carbocycles. The highest BCUT2D eigenvalue weighted by molar-refractivity contribution is 7.18. The van der Waals surface area contributed by atoms with Crippen molar-refractivity contribution in [3.8, 4) is 0 Å². The fourth-order valence-electron chi connectivity index (χ4n) is 4.43. The molecule has 7 nitrogen and oxygen atoms in total. The SMILES string of the molecule is CC(C)(CC(N)=O)c1ccc(N2C[C@@H]3[C@H](NC(=O)c4ccc(Cl)s4)CCN3C2=O)cc1. The Morgan fingerprint density at radius 1 is 1.23 bits per heavy atom. The monoisotopic (exact) mass is 460 g/mol. The summed E-state index contributed by atoms with van der Waals surface area (Å²) in [5, 5.41) is 3.07. The molecule has 0 spiro atoms. The van der Waals surface area contributed by atoms with Gasteiger partial charge < -0.3 is 16.0 Å². The smallest absolute Gasteiger partial charge is 0.324 e. The van der Waals surface area contributed by atoms with Crippen molar-refractivity contribution in [2.24, 2.45) is 5.73 Å². The third-order valence-electron chi connectivity index (χ3n) is 6.08. The summed E-state index contributed by atoms with van der Waals surface area (Å²) < 4.78 is 0.572. The number of nitrogens with one attached hydrogen (secondary N) is 1. The van der Waals surface area contributed by atoms with Crippen LogP contribution in [-0.2, 0) is 10.2 Å². The average molecular weight is 461 g/mol. The van der Waals surface area contributed by atoms with Crippen LogP contribution in [-0.4, -0.2) is 47.9 Å². The number of anilines is 1. The van der Waals surface area contributed by atoms with Crippen LogP contribution in [0.2, 0.25) is 4.34 Å². The van der Waals surface area contributed by atoms with Crippen molar-refractivity contribution in [2.75, 3.05) is 18.0 Å². The summed E-state index contributed by atoms with van der Waals surface area (Å²) in [4.78, 5) is 41.0. The van der Waals surface area contributed by atoms with Gasteiger partial charge in [-0.2, -0.15) is 0 Å². The molecule has 2 aliphatic rings. The zero-order chi connectivity index (χ0) is 22.3. The number of halogens is 1. The molecule has 2 fully saturated rings. The number of hydrogen-bond acceptors (Lipinski definition) is 4. The number of urea groups is 1. The topological polar surface area (TPSA) is 95.7 Å². The van der Waals surface area contributed by atoms with E-state index in [0.717, 1.165) is 17.7 Å². The number of nitrogens with zero attached hydrogens (tertiary/aromatic N) is 2. The van der Waals surface area contributed by atoms with Crippen LogP contribution in [0.15, 0.2) is 36.4 Å². The van der Waals surface area contributed by atoms with Gasteiger partial charge in [-0.3, -0.25) is 14.5 Å². The first-order valence-corrected chi connectivity index (χ1v) is 11.4. The van der Waals surface area contributed by atoms with Gasteiger partial charge in [0.25, 0.3) is 5.91 Å². The second-order valence-electron chi connectivity index (χ2n) is 8.70. The minimum atomic E-state index is -0.376. The summed E-state index contributed by atoms with van der Waals surface area (Å²) in [7, 11) is 0. The van der Waals surface area contributed by atoms with Crippen LogP contribution in [0.25, 0.3) is 0 Å². The number of primary amides is 1. The minimum absolute atomic E-state index is 0.0509. The minimum Gasteiger partial charge on any atom is -0.370 e. The summed E-state index contributed by atoms with van der Waals surface area (Å²) >= 11 is 7.18. The van der Waals surface area contributed by atoms with Gasteiger partial charge >= 0.3 is 6.03 Å². The van der Waals surface area contributed by atoms with Gasteiger partial charge in [0, 0.05) is 18.7 Å². The molecule has 31 heavy (non-hydrogen) atoms. The number of amides is 4. The lowest BCUT2D eigenvalue weighted by Gasteiger charge is -2.25. The van der Waals surface area contributed by atoms with Crippen LogP contribution in [0.3, 0.4) is 0 Å². The van der Waals surface area contributed by atoms with Gasteiger partial charge in [0.1, 0.15) is 0 Å². The molecule has 3 heterocycles. The molecule has 2 aliphatic heterocycles. The molecule has 2 saturated heterocycles. The van der Waals surface area contributed by atoms with E-state index in [1.54, 1.807) is 17.0 Å². The molecule has 0 unspecified atom stereocenters. The van der Waals surface area contributed by atoms with Gasteiger partial charge in [0.05, 0.1) is 27.8 Å². The van der Waals surface area contributed by atoms with E-state index in [0.29, 0.717) is 22.3 Å². The van der Waals surface area contributed by atoms with Crippen LogP contribution in [0.5, 0.6) is 0 Å². The Bertz CT molecular complexity index is 1020. The summed E-state index contributed by atoms with van der Waals surface area (Å²) in [6.07, 6.45) is 0.983. The van der Waals surface area contributed by atoms with Gasteiger partial charge in [-0.25, -0.2) is 4.79 Å². The first-order chi connectivity index (χ1) is 14.7. The van der Waals surface area contributed by atoms with Gasteiger partial charge in [-0.1, -0.05) is 37.6 Å². The van der Waals surface area contributed by atoms with Crippen molar-refractivity contribution in [3.63, 3.8) is 0 Å². The lowest BCUT2D eigenvalue weighted by Crippen LogP contribution is -2.44. The average Bonchev–Trinajstić information content (AvgIpc) is 3.39. The molecule has 9 heteroatoms. The van der Waals surface area contributed by atoms with Gasteiger partial charge in [0.15, 0.2) is 0 Å². The van der Waals surface area contributed by atoms with Crippen molar-refractivity contribution in [2.45, 2.75) is 44.2 Å². The summed E-state index contributed by atoms with van der Waals surface area (Å²) in [5.41, 5.74) is 6.78. The number of nitrogens with two attached hydrogens (primary N) is 1. The van der Waals surface area contributed by atoms with E-state index in [1.807, 2.05) is 43.0 Å². The fourth-order valence-corrected chi connectivity index (χ4v) is 5.37. The number of carbonyl (C=O) groups is 3. The third-order valence-corrected chi connectivity index (χ3v) is 7.31. The highest BCUT2D eigenvalue weighted by Gasteiger charge is 2.46. The van der Waals surface area contributed by atoms with E-state index in [9.17, 15) is 14.4 Å². The lowest BCUT2D eigenvalue weighted by atomic mass is 9.81. The molecule has 4 rings (SSSR count). The molecular formula is C22H25ClN4O3S. The molecule has 164 valence electrons. The predicted octanol–water partition coefficient (Wildman–Crippen LogP) is 3.37. The molecule has 0 bridgehead atoms. The Morgan fingerprint density at radius 2 is 1.94 bits per heavy atom. The molecule has 0 radical (unpaired) electrons. The number of fused-ring (bicyclic) bond motifs is 1. The third kappa shape index (κ3) is 4.27. The highest BCUT2D eigenvalue weighted by atomic mass is 35.5. The zero-order valence-electron chi connectivity index (χ0n) is 17.4. The number of rotatable bonds is 6. The van der Waals surface area contributed by atoms with Crippen molar-refractivity contribution in [3.05, 3.63) is 51.2 Å². The molecule has 1 aromatic carbocycles. The van der Waals surface area contributed by atoms with Gasteiger partial charge in [0.2, 0.25) is 5.91 Å². The van der Waals surface area contributed by atoms with Crippen molar-refractivity contribution < 1.29 is 14.4 Å².